The molecule has 1 unspecified atom stereocenters. The smallest absolute Gasteiger partial charge is 0.328 e. The van der Waals surface area contributed by atoms with E-state index in [0.29, 0.717) is 32.5 Å². The van der Waals surface area contributed by atoms with Crippen LogP contribution in [0.3, 0.4) is 0 Å². The molecule has 1 saturated heterocycles. The molecule has 10 heteroatoms. The maximum absolute atomic E-state index is 12.3. The Labute approximate surface area is 177 Å². The minimum absolute atomic E-state index is 0.0193. The standard InChI is InChI=1S/C20H30N4O5S/c1-2-3-12-23-20(27)24-30(28,29)16-9-7-15(8-10-16)11-14-22-19(26)18-17(25)6-4-5-13-21-18/h7-10,18,21H,2-6,11-14H2,1H3,(H,22,26)(H2,23,24,27). The normalized spacial score (nSPS) is 17.1. The third-order valence-electron chi connectivity index (χ3n) is 4.77. The van der Waals surface area contributed by atoms with E-state index in [1.165, 1.54) is 12.1 Å². The van der Waals surface area contributed by atoms with Gasteiger partial charge in [-0.2, -0.15) is 0 Å². The van der Waals surface area contributed by atoms with Crippen molar-refractivity contribution in [1.82, 2.24) is 20.7 Å². The predicted molar refractivity (Wildman–Crippen MR) is 112 cm³/mol. The van der Waals surface area contributed by atoms with E-state index >= 15 is 0 Å². The maximum Gasteiger partial charge on any atom is 0.328 e. The molecule has 0 aromatic heterocycles. The van der Waals surface area contributed by atoms with Gasteiger partial charge in [-0.15, -0.1) is 0 Å². The van der Waals surface area contributed by atoms with Crippen molar-refractivity contribution in [3.05, 3.63) is 29.8 Å². The van der Waals surface area contributed by atoms with Crippen LogP contribution >= 0.6 is 0 Å². The fourth-order valence-corrected chi connectivity index (χ4v) is 3.96. The van der Waals surface area contributed by atoms with E-state index in [0.717, 1.165) is 31.2 Å². The topological polar surface area (TPSA) is 133 Å². The van der Waals surface area contributed by atoms with Gasteiger partial charge in [-0.1, -0.05) is 25.5 Å². The van der Waals surface area contributed by atoms with Crippen LogP contribution in [0.1, 0.15) is 44.6 Å². The van der Waals surface area contributed by atoms with Crippen molar-refractivity contribution in [2.45, 2.75) is 56.4 Å². The first kappa shape index (κ1) is 23.8. The van der Waals surface area contributed by atoms with E-state index in [9.17, 15) is 22.8 Å². The molecule has 30 heavy (non-hydrogen) atoms. The molecule has 166 valence electrons. The molecule has 3 amide bonds. The monoisotopic (exact) mass is 438 g/mol. The van der Waals surface area contributed by atoms with Gasteiger partial charge in [0.05, 0.1) is 4.90 Å². The first-order chi connectivity index (χ1) is 14.3. The lowest BCUT2D eigenvalue weighted by Gasteiger charge is -2.14. The van der Waals surface area contributed by atoms with Crippen LogP contribution in [0.25, 0.3) is 0 Å². The Kier molecular flexibility index (Phi) is 9.25. The fraction of sp³-hybridized carbons (Fsp3) is 0.550. The van der Waals surface area contributed by atoms with Crippen molar-refractivity contribution in [1.29, 1.82) is 0 Å². The van der Waals surface area contributed by atoms with Crippen LogP contribution in [-0.4, -0.2) is 51.8 Å². The molecule has 0 spiro atoms. The predicted octanol–water partition coefficient (Wildman–Crippen LogP) is 0.845. The van der Waals surface area contributed by atoms with E-state index in [2.05, 4.69) is 16.0 Å². The minimum atomic E-state index is -3.95. The quantitative estimate of drug-likeness (QED) is 0.334. The molecule has 1 aliphatic heterocycles. The summed E-state index contributed by atoms with van der Waals surface area (Å²) in [5.74, 6) is -0.426. The van der Waals surface area contributed by atoms with Crippen molar-refractivity contribution in [3.8, 4) is 0 Å². The van der Waals surface area contributed by atoms with Crippen LogP contribution in [0.5, 0.6) is 0 Å². The highest BCUT2D eigenvalue weighted by Crippen LogP contribution is 2.11. The van der Waals surface area contributed by atoms with Crippen LogP contribution in [0.4, 0.5) is 4.79 Å². The zero-order valence-electron chi connectivity index (χ0n) is 17.2. The van der Waals surface area contributed by atoms with Gasteiger partial charge in [0.25, 0.3) is 10.0 Å². The molecule has 1 aromatic rings. The zero-order chi connectivity index (χ0) is 22.0. The van der Waals surface area contributed by atoms with Gasteiger partial charge in [0, 0.05) is 19.5 Å². The van der Waals surface area contributed by atoms with Gasteiger partial charge < -0.3 is 10.6 Å². The molecule has 1 atom stereocenters. The first-order valence-corrected chi connectivity index (χ1v) is 11.7. The molecular weight excluding hydrogens is 408 g/mol. The molecule has 0 aliphatic carbocycles. The van der Waals surface area contributed by atoms with Gasteiger partial charge in [-0.3, -0.25) is 14.9 Å². The number of amides is 3. The molecule has 9 nitrogen and oxygen atoms in total. The first-order valence-electron chi connectivity index (χ1n) is 10.3. The van der Waals surface area contributed by atoms with Gasteiger partial charge in [0.1, 0.15) is 6.04 Å². The van der Waals surface area contributed by atoms with Gasteiger partial charge in [0.2, 0.25) is 5.91 Å². The number of benzene rings is 1. The summed E-state index contributed by atoms with van der Waals surface area (Å²) in [6, 6.07) is 4.53. The van der Waals surface area contributed by atoms with Crippen LogP contribution in [0, 0.1) is 0 Å². The Balaban J connectivity index is 1.83. The SMILES string of the molecule is CCCCNC(=O)NS(=O)(=O)c1ccc(CCNC(=O)C2NCCCCC2=O)cc1. The number of urea groups is 1. The maximum atomic E-state index is 12.3. The van der Waals surface area contributed by atoms with Gasteiger partial charge in [-0.05, 0) is 49.9 Å². The number of hydrogen-bond donors (Lipinski definition) is 4. The molecule has 1 aromatic carbocycles. The highest BCUT2D eigenvalue weighted by atomic mass is 32.2. The summed E-state index contributed by atoms with van der Waals surface area (Å²) in [4.78, 5) is 35.8. The molecule has 1 heterocycles. The largest absolute Gasteiger partial charge is 0.354 e. The Morgan fingerprint density at radius 2 is 1.83 bits per heavy atom. The number of rotatable bonds is 9. The lowest BCUT2D eigenvalue weighted by Crippen LogP contribution is -2.48. The summed E-state index contributed by atoms with van der Waals surface area (Å²) >= 11 is 0. The van der Waals surface area contributed by atoms with Gasteiger partial charge in [0.15, 0.2) is 5.78 Å². The number of hydrogen-bond acceptors (Lipinski definition) is 6. The van der Waals surface area contributed by atoms with E-state index in [1.54, 1.807) is 12.1 Å². The highest BCUT2D eigenvalue weighted by Gasteiger charge is 2.26. The lowest BCUT2D eigenvalue weighted by molar-refractivity contribution is -0.130. The number of carbonyl (C=O) groups excluding carboxylic acids is 3. The second-order valence-corrected chi connectivity index (χ2v) is 8.89. The van der Waals surface area contributed by atoms with Crippen molar-refractivity contribution in [2.75, 3.05) is 19.6 Å². The van der Waals surface area contributed by atoms with Crippen molar-refractivity contribution >= 4 is 27.7 Å². The molecule has 0 saturated carbocycles. The van der Waals surface area contributed by atoms with Crippen LogP contribution < -0.4 is 20.7 Å². The second kappa shape index (κ2) is 11.7. The van der Waals surface area contributed by atoms with E-state index in [-0.39, 0.29) is 16.6 Å². The Morgan fingerprint density at radius 1 is 1.10 bits per heavy atom. The molecule has 2 rings (SSSR count). The van der Waals surface area contributed by atoms with Gasteiger partial charge in [-0.25, -0.2) is 17.9 Å². The summed E-state index contributed by atoms with van der Waals surface area (Å²) in [7, 11) is -3.95. The van der Waals surface area contributed by atoms with Crippen molar-refractivity contribution < 1.29 is 22.8 Å². The highest BCUT2D eigenvalue weighted by molar-refractivity contribution is 7.90. The van der Waals surface area contributed by atoms with E-state index < -0.39 is 22.1 Å². The van der Waals surface area contributed by atoms with Crippen molar-refractivity contribution in [3.63, 3.8) is 0 Å². The third-order valence-corrected chi connectivity index (χ3v) is 6.12. The van der Waals surface area contributed by atoms with Crippen LogP contribution in [0.2, 0.25) is 0 Å². The van der Waals surface area contributed by atoms with E-state index in [1.807, 2.05) is 11.6 Å². The third kappa shape index (κ3) is 7.42. The van der Waals surface area contributed by atoms with E-state index in [4.69, 9.17) is 0 Å². The summed E-state index contributed by atoms with van der Waals surface area (Å²) in [6.07, 6.45) is 4.22. The molecule has 0 bridgehead atoms. The number of sulfonamides is 1. The van der Waals surface area contributed by atoms with Crippen LogP contribution in [-0.2, 0) is 26.0 Å². The molecule has 0 radical (unpaired) electrons. The minimum Gasteiger partial charge on any atom is -0.354 e. The molecule has 1 fully saturated rings. The average Bonchev–Trinajstić information content (AvgIpc) is 2.92. The molecule has 4 N–H and O–H groups in total. The number of unbranched alkanes of at least 4 members (excludes halogenated alkanes) is 1. The van der Waals surface area contributed by atoms with Gasteiger partial charge >= 0.3 is 6.03 Å². The average molecular weight is 439 g/mol. The fourth-order valence-electron chi connectivity index (χ4n) is 3.03. The van der Waals surface area contributed by atoms with Crippen LogP contribution in [0.15, 0.2) is 29.2 Å². The summed E-state index contributed by atoms with van der Waals surface area (Å²) in [5, 5.41) is 8.21. The Bertz CT molecular complexity index is 839. The number of carbonyl (C=O) groups is 3. The lowest BCUT2D eigenvalue weighted by atomic mass is 10.1. The number of ketones is 1. The number of Topliss-reactive ketones (excluding diaryl/α,β-unsaturated/α-hetero) is 1. The molecule has 1 aliphatic rings. The second-order valence-electron chi connectivity index (χ2n) is 7.21. The molecular formula is C20H30N4O5S. The Morgan fingerprint density at radius 3 is 2.53 bits per heavy atom. The summed E-state index contributed by atoms with van der Waals surface area (Å²) in [5.41, 5.74) is 0.821. The summed E-state index contributed by atoms with van der Waals surface area (Å²) in [6.45, 7) is 3.35. The number of nitrogens with one attached hydrogen (secondary N) is 4. The summed E-state index contributed by atoms with van der Waals surface area (Å²) < 4.78 is 26.5. The zero-order valence-corrected chi connectivity index (χ0v) is 18.0. The van der Waals surface area contributed by atoms with Crippen molar-refractivity contribution in [2.24, 2.45) is 0 Å². The Hall–Kier alpha value is -2.46.